The van der Waals surface area contributed by atoms with E-state index in [1.165, 1.54) is 11.1 Å². The molecular weight excluding hydrogens is 388 g/mol. The highest BCUT2D eigenvalue weighted by Crippen LogP contribution is 2.25. The molecule has 6 heteroatoms. The predicted octanol–water partition coefficient (Wildman–Crippen LogP) is 4.13. The third-order valence-corrected chi connectivity index (χ3v) is 5.89. The minimum atomic E-state index is -0.644. The van der Waals surface area contributed by atoms with Crippen molar-refractivity contribution in [1.82, 2.24) is 19.5 Å². The largest absolute Gasteiger partial charge is 0.349 e. The van der Waals surface area contributed by atoms with Gasteiger partial charge in [-0.1, -0.05) is 45.0 Å². The third-order valence-electron chi connectivity index (χ3n) is 5.89. The van der Waals surface area contributed by atoms with Gasteiger partial charge in [-0.05, 0) is 66.5 Å². The van der Waals surface area contributed by atoms with Crippen molar-refractivity contribution >= 4 is 11.0 Å². The van der Waals surface area contributed by atoms with Crippen LogP contribution in [0.15, 0.2) is 46.0 Å². The summed E-state index contributed by atoms with van der Waals surface area (Å²) in [7, 11) is 0. The van der Waals surface area contributed by atoms with Gasteiger partial charge >= 0.3 is 5.69 Å². The number of hydrogen-bond acceptors (Lipinski definition) is 4. The molecule has 2 aromatic rings. The number of aromatic nitrogens is 4. The number of aryl methyl sites for hydroxylation is 4. The number of nitrogens with one attached hydrogen (secondary N) is 1. The maximum Gasteiger partial charge on any atom is 0.349 e. The van der Waals surface area contributed by atoms with Crippen LogP contribution in [0.25, 0.3) is 22.6 Å². The van der Waals surface area contributed by atoms with Gasteiger partial charge in [0.2, 0.25) is 0 Å². The van der Waals surface area contributed by atoms with Crippen molar-refractivity contribution in [3.8, 4) is 11.5 Å². The Balaban J connectivity index is 1.70. The van der Waals surface area contributed by atoms with Gasteiger partial charge in [-0.3, -0.25) is 9.78 Å². The lowest BCUT2D eigenvalue weighted by molar-refractivity contribution is 0.589. The van der Waals surface area contributed by atoms with E-state index >= 15 is 0 Å². The average Bonchev–Trinajstić information content (AvgIpc) is 2.69. The molecular formula is C25H28N4O2. The molecule has 31 heavy (non-hydrogen) atoms. The smallest absolute Gasteiger partial charge is 0.322 e. The summed E-state index contributed by atoms with van der Waals surface area (Å²) < 4.78 is 1.96. The molecule has 0 bridgehead atoms. The van der Waals surface area contributed by atoms with E-state index in [-0.39, 0.29) is 11.1 Å². The topological polar surface area (TPSA) is 80.6 Å². The van der Waals surface area contributed by atoms with Crippen molar-refractivity contribution in [2.45, 2.75) is 59.4 Å². The van der Waals surface area contributed by atoms with Crippen LogP contribution >= 0.6 is 0 Å². The predicted molar refractivity (Wildman–Crippen MR) is 124 cm³/mol. The molecule has 0 spiro atoms. The van der Waals surface area contributed by atoms with Crippen LogP contribution in [-0.2, 0) is 18.4 Å². The molecule has 0 atom stereocenters. The Bertz CT molecular complexity index is 1340. The van der Waals surface area contributed by atoms with Gasteiger partial charge in [-0.15, -0.1) is 0 Å². The molecule has 4 rings (SSSR count). The zero-order valence-corrected chi connectivity index (χ0v) is 18.7. The zero-order valence-electron chi connectivity index (χ0n) is 18.7. The van der Waals surface area contributed by atoms with E-state index in [1.54, 1.807) is 0 Å². The minimum absolute atomic E-state index is 0.133. The zero-order chi connectivity index (χ0) is 22.3. The fraction of sp³-hybridized carbons (Fsp3) is 0.360. The fourth-order valence-electron chi connectivity index (χ4n) is 3.89. The highest BCUT2D eigenvalue weighted by Gasteiger charge is 2.19. The van der Waals surface area contributed by atoms with Gasteiger partial charge in [0.1, 0.15) is 0 Å². The molecule has 2 heterocycles. The second-order valence-corrected chi connectivity index (χ2v) is 9.28. The first-order valence-corrected chi connectivity index (χ1v) is 10.6. The first-order valence-electron chi connectivity index (χ1n) is 10.6. The SMILES string of the molecule is Cc1cc2nc3c(=O)[nH]c(=O)nc-3n(CCCc3ccc(C(C)(C)C)cc3)c2cc1C. The van der Waals surface area contributed by atoms with Gasteiger partial charge in [-0.25, -0.2) is 9.78 Å². The van der Waals surface area contributed by atoms with E-state index in [4.69, 9.17) is 0 Å². The first-order chi connectivity index (χ1) is 14.6. The number of H-pyrrole nitrogens is 1. The van der Waals surface area contributed by atoms with Gasteiger partial charge in [0.25, 0.3) is 5.56 Å². The summed E-state index contributed by atoms with van der Waals surface area (Å²) in [6.45, 7) is 11.3. The molecule has 0 unspecified atom stereocenters. The molecule has 2 aliphatic rings. The van der Waals surface area contributed by atoms with Gasteiger partial charge in [0.15, 0.2) is 11.5 Å². The van der Waals surface area contributed by atoms with Gasteiger partial charge in [-0.2, -0.15) is 4.98 Å². The molecule has 2 aromatic carbocycles. The Labute approximate surface area is 181 Å². The number of nitrogens with zero attached hydrogens (tertiary/aromatic N) is 3. The van der Waals surface area contributed by atoms with E-state index in [0.717, 1.165) is 35.0 Å². The van der Waals surface area contributed by atoms with Crippen molar-refractivity contribution in [1.29, 1.82) is 0 Å². The van der Waals surface area contributed by atoms with Crippen molar-refractivity contribution in [3.63, 3.8) is 0 Å². The summed E-state index contributed by atoms with van der Waals surface area (Å²) in [6.07, 6.45) is 1.74. The summed E-state index contributed by atoms with van der Waals surface area (Å²) in [5, 5.41) is 0. The second-order valence-electron chi connectivity index (χ2n) is 9.28. The van der Waals surface area contributed by atoms with E-state index in [2.05, 4.69) is 66.1 Å². The van der Waals surface area contributed by atoms with Crippen LogP contribution in [0.2, 0.25) is 0 Å². The van der Waals surface area contributed by atoms with Crippen LogP contribution < -0.4 is 11.2 Å². The standard InChI is InChI=1S/C25H28N4O2/c1-15-13-19-20(14-16(15)2)29(22-21(26-19)23(30)28-24(31)27-22)12-6-7-17-8-10-18(11-9-17)25(3,4)5/h8-11,13-14H,6-7,12H2,1-5H3,(H,28,30,31). The van der Waals surface area contributed by atoms with Crippen LogP contribution in [0.5, 0.6) is 0 Å². The van der Waals surface area contributed by atoms with Crippen LogP contribution in [0.3, 0.4) is 0 Å². The van der Waals surface area contributed by atoms with Crippen LogP contribution in [0.4, 0.5) is 0 Å². The number of rotatable bonds is 4. The molecule has 0 aliphatic carbocycles. The molecule has 0 saturated heterocycles. The highest BCUT2D eigenvalue weighted by molar-refractivity contribution is 5.81. The number of hydrogen-bond donors (Lipinski definition) is 1. The Hall–Kier alpha value is -3.28. The van der Waals surface area contributed by atoms with Gasteiger partial charge in [0, 0.05) is 6.54 Å². The summed E-state index contributed by atoms with van der Waals surface area (Å²) in [6, 6.07) is 12.8. The van der Waals surface area contributed by atoms with E-state index in [0.29, 0.717) is 12.4 Å². The summed E-state index contributed by atoms with van der Waals surface area (Å²) in [4.78, 5) is 35.1. The maximum atomic E-state index is 12.4. The number of benzene rings is 2. The third kappa shape index (κ3) is 4.15. The maximum absolute atomic E-state index is 12.4. The monoisotopic (exact) mass is 416 g/mol. The Morgan fingerprint density at radius 1 is 0.968 bits per heavy atom. The lowest BCUT2D eigenvalue weighted by atomic mass is 9.86. The molecule has 0 fully saturated rings. The summed E-state index contributed by atoms with van der Waals surface area (Å²) in [5.74, 6) is 0.340. The summed E-state index contributed by atoms with van der Waals surface area (Å²) >= 11 is 0. The summed E-state index contributed by atoms with van der Waals surface area (Å²) in [5.41, 5.74) is 5.62. The second kappa shape index (κ2) is 7.76. The highest BCUT2D eigenvalue weighted by atomic mass is 16.2. The van der Waals surface area contributed by atoms with Crippen molar-refractivity contribution in [2.24, 2.45) is 0 Å². The van der Waals surface area contributed by atoms with Crippen molar-refractivity contribution in [3.05, 3.63) is 79.5 Å². The van der Waals surface area contributed by atoms with Crippen LogP contribution in [-0.4, -0.2) is 19.5 Å². The lowest BCUT2D eigenvalue weighted by Crippen LogP contribution is -2.29. The average molecular weight is 417 g/mol. The molecule has 0 aromatic heterocycles. The number of aromatic amines is 1. The Morgan fingerprint density at radius 3 is 2.32 bits per heavy atom. The van der Waals surface area contributed by atoms with Crippen LogP contribution in [0.1, 0.15) is 49.4 Å². The Morgan fingerprint density at radius 2 is 1.65 bits per heavy atom. The molecule has 1 N–H and O–H groups in total. The first kappa shape index (κ1) is 21.0. The van der Waals surface area contributed by atoms with E-state index < -0.39 is 11.2 Å². The molecule has 160 valence electrons. The molecule has 0 amide bonds. The molecule has 6 nitrogen and oxygen atoms in total. The van der Waals surface area contributed by atoms with Crippen molar-refractivity contribution < 1.29 is 0 Å². The molecule has 0 radical (unpaired) electrons. The fourth-order valence-corrected chi connectivity index (χ4v) is 3.89. The molecule has 0 saturated carbocycles. The minimum Gasteiger partial charge on any atom is -0.322 e. The normalized spacial score (nSPS) is 12.0. The van der Waals surface area contributed by atoms with Crippen molar-refractivity contribution in [2.75, 3.05) is 0 Å². The quantitative estimate of drug-likeness (QED) is 0.507. The van der Waals surface area contributed by atoms with Gasteiger partial charge in [0.05, 0.1) is 11.0 Å². The van der Waals surface area contributed by atoms with E-state index in [1.807, 2.05) is 24.5 Å². The molecule has 2 aliphatic heterocycles. The Kier molecular flexibility index (Phi) is 5.25. The number of fused-ring (bicyclic) bond motifs is 2. The van der Waals surface area contributed by atoms with E-state index in [9.17, 15) is 9.59 Å². The van der Waals surface area contributed by atoms with Gasteiger partial charge < -0.3 is 4.57 Å². The lowest BCUT2D eigenvalue weighted by Gasteiger charge is -2.19. The van der Waals surface area contributed by atoms with Crippen LogP contribution in [0, 0.1) is 13.8 Å².